The summed E-state index contributed by atoms with van der Waals surface area (Å²) in [6, 6.07) is 0. The molecule has 0 rings (SSSR count). The van der Waals surface area contributed by atoms with Gasteiger partial charge in [-0.15, -0.1) is 0 Å². The minimum atomic E-state index is -0.806. The summed E-state index contributed by atoms with van der Waals surface area (Å²) in [6.45, 7) is 6.47. The van der Waals surface area contributed by atoms with Crippen LogP contribution in [0.15, 0.2) is 85.1 Å². The zero-order valence-corrected chi connectivity index (χ0v) is 45.3. The van der Waals surface area contributed by atoms with Gasteiger partial charge in [0.1, 0.15) is 13.2 Å². The summed E-state index contributed by atoms with van der Waals surface area (Å²) >= 11 is 0. The minimum Gasteiger partial charge on any atom is -0.462 e. The number of rotatable bonds is 52. The van der Waals surface area contributed by atoms with Gasteiger partial charge >= 0.3 is 17.9 Å². The molecule has 0 amide bonds. The first-order chi connectivity index (χ1) is 34.0. The molecule has 0 aromatic carbocycles. The molecular weight excluding hydrogens is 853 g/mol. The standard InChI is InChI=1S/C63H108O6/c1-4-7-10-13-16-19-22-25-28-30-31-33-35-38-41-44-47-50-53-56-62(65)68-59-60(58-67-61(64)55-52-49-46-43-40-37-34-27-24-21-18-15-12-9-6-3)69-63(66)57-54-51-48-45-42-39-36-32-29-26-23-20-17-14-11-8-5-2/h7,10,16-17,19-20,25-26,28-29,36,39,45,48,60H,4-6,8-9,11-15,18,21-24,27,30-35,37-38,40-44,46-47,49-59H2,1-3H3/b10-7-,19-16-,20-17-,28-25-,29-26-,39-36-,48-45-. The molecule has 0 fully saturated rings. The van der Waals surface area contributed by atoms with Gasteiger partial charge in [-0.3, -0.25) is 14.4 Å². The maximum absolute atomic E-state index is 12.8. The summed E-state index contributed by atoms with van der Waals surface area (Å²) in [5.41, 5.74) is 0. The normalized spacial score (nSPS) is 12.7. The van der Waals surface area contributed by atoms with Crippen LogP contribution in [0.1, 0.15) is 278 Å². The number of hydrogen-bond acceptors (Lipinski definition) is 6. The van der Waals surface area contributed by atoms with Crippen LogP contribution in [0.2, 0.25) is 0 Å². The smallest absolute Gasteiger partial charge is 0.306 e. The van der Waals surface area contributed by atoms with Crippen molar-refractivity contribution in [1.82, 2.24) is 0 Å². The minimum absolute atomic E-state index is 0.0977. The van der Waals surface area contributed by atoms with Crippen LogP contribution in [0.3, 0.4) is 0 Å². The van der Waals surface area contributed by atoms with E-state index in [1.165, 1.54) is 148 Å². The van der Waals surface area contributed by atoms with Crippen molar-refractivity contribution in [3.05, 3.63) is 85.1 Å². The topological polar surface area (TPSA) is 78.9 Å². The predicted octanol–water partition coefficient (Wildman–Crippen LogP) is 19.5. The molecule has 0 saturated carbocycles. The Balaban J connectivity index is 4.45. The molecule has 6 nitrogen and oxygen atoms in total. The van der Waals surface area contributed by atoms with Gasteiger partial charge in [0.25, 0.3) is 0 Å². The van der Waals surface area contributed by atoms with Gasteiger partial charge in [0.05, 0.1) is 0 Å². The van der Waals surface area contributed by atoms with Gasteiger partial charge in [0.15, 0.2) is 6.10 Å². The van der Waals surface area contributed by atoms with Crippen molar-refractivity contribution in [3.63, 3.8) is 0 Å². The first kappa shape index (κ1) is 65.6. The summed E-state index contributed by atoms with van der Waals surface area (Å²) in [4.78, 5) is 38.2. The summed E-state index contributed by atoms with van der Waals surface area (Å²) in [5.74, 6) is -0.952. The molecule has 0 spiro atoms. The van der Waals surface area contributed by atoms with Gasteiger partial charge in [0, 0.05) is 19.3 Å². The average molecular weight is 962 g/mol. The van der Waals surface area contributed by atoms with E-state index in [0.29, 0.717) is 19.3 Å². The lowest BCUT2D eigenvalue weighted by Gasteiger charge is -2.18. The molecule has 6 heteroatoms. The van der Waals surface area contributed by atoms with Crippen LogP contribution in [-0.2, 0) is 28.6 Å². The van der Waals surface area contributed by atoms with Crippen molar-refractivity contribution in [1.29, 1.82) is 0 Å². The number of esters is 3. The van der Waals surface area contributed by atoms with E-state index < -0.39 is 6.10 Å². The molecule has 0 aliphatic rings. The Labute approximate surface area is 426 Å². The van der Waals surface area contributed by atoms with E-state index in [1.807, 2.05) is 0 Å². The molecule has 1 atom stereocenters. The van der Waals surface area contributed by atoms with Crippen LogP contribution in [-0.4, -0.2) is 37.2 Å². The lowest BCUT2D eigenvalue weighted by atomic mass is 10.0. The zero-order chi connectivity index (χ0) is 50.0. The second kappa shape index (κ2) is 57.2. The van der Waals surface area contributed by atoms with Crippen LogP contribution in [0.4, 0.5) is 0 Å². The van der Waals surface area contributed by atoms with E-state index in [4.69, 9.17) is 14.2 Å². The maximum atomic E-state index is 12.8. The fourth-order valence-electron chi connectivity index (χ4n) is 8.04. The monoisotopic (exact) mass is 961 g/mol. The Morgan fingerprint density at radius 3 is 0.957 bits per heavy atom. The summed E-state index contributed by atoms with van der Waals surface area (Å²) in [6.07, 6.45) is 74.3. The van der Waals surface area contributed by atoms with Crippen molar-refractivity contribution in [3.8, 4) is 0 Å². The SMILES string of the molecule is CC/C=C\C/C=C\C/C=C\CCCCCCCCCCCC(=O)OCC(COC(=O)CCCCCCCCCCCCCCCCC)OC(=O)CCC/C=C\C/C=C\C/C=C\C/C=C\CCCCC. The highest BCUT2D eigenvalue weighted by Crippen LogP contribution is 2.16. The van der Waals surface area contributed by atoms with E-state index in [-0.39, 0.29) is 37.5 Å². The Morgan fingerprint density at radius 1 is 0.304 bits per heavy atom. The molecule has 69 heavy (non-hydrogen) atoms. The number of unbranched alkanes of at least 4 members (excludes halogenated alkanes) is 27. The summed E-state index contributed by atoms with van der Waals surface area (Å²) in [5, 5.41) is 0. The van der Waals surface area contributed by atoms with E-state index in [9.17, 15) is 14.4 Å². The molecule has 396 valence electrons. The lowest BCUT2D eigenvalue weighted by Crippen LogP contribution is -2.30. The molecule has 0 aliphatic heterocycles. The highest BCUT2D eigenvalue weighted by atomic mass is 16.6. The Morgan fingerprint density at radius 2 is 0.580 bits per heavy atom. The molecule has 0 aliphatic carbocycles. The number of carbonyl (C=O) groups is 3. The second-order valence-electron chi connectivity index (χ2n) is 19.2. The van der Waals surface area contributed by atoms with Gasteiger partial charge < -0.3 is 14.2 Å². The van der Waals surface area contributed by atoms with Gasteiger partial charge in [-0.1, -0.05) is 254 Å². The van der Waals surface area contributed by atoms with Crippen LogP contribution in [0, 0.1) is 0 Å². The van der Waals surface area contributed by atoms with Crippen molar-refractivity contribution >= 4 is 17.9 Å². The van der Waals surface area contributed by atoms with Gasteiger partial charge in [-0.25, -0.2) is 0 Å². The summed E-state index contributed by atoms with van der Waals surface area (Å²) < 4.78 is 16.8. The number of ether oxygens (including phenoxy) is 3. The van der Waals surface area contributed by atoms with E-state index >= 15 is 0 Å². The molecule has 0 saturated heterocycles. The largest absolute Gasteiger partial charge is 0.462 e. The highest BCUT2D eigenvalue weighted by Gasteiger charge is 2.19. The van der Waals surface area contributed by atoms with Crippen molar-refractivity contribution < 1.29 is 28.6 Å². The van der Waals surface area contributed by atoms with Crippen molar-refractivity contribution in [2.45, 2.75) is 284 Å². The Bertz CT molecular complexity index is 1330. The molecule has 0 aromatic heterocycles. The molecular formula is C63H108O6. The molecule has 0 bridgehead atoms. The fourth-order valence-corrected chi connectivity index (χ4v) is 8.04. The van der Waals surface area contributed by atoms with E-state index in [0.717, 1.165) is 83.5 Å². The van der Waals surface area contributed by atoms with E-state index in [1.54, 1.807) is 0 Å². The zero-order valence-electron chi connectivity index (χ0n) is 45.3. The Kier molecular flexibility index (Phi) is 54.3. The van der Waals surface area contributed by atoms with Gasteiger partial charge in [0.2, 0.25) is 0 Å². The fraction of sp³-hybridized carbons (Fsp3) is 0.730. The third kappa shape index (κ3) is 55.4. The van der Waals surface area contributed by atoms with Gasteiger partial charge in [-0.2, -0.15) is 0 Å². The third-order valence-corrected chi connectivity index (χ3v) is 12.4. The molecule has 1 unspecified atom stereocenters. The van der Waals surface area contributed by atoms with Crippen LogP contribution in [0.5, 0.6) is 0 Å². The summed E-state index contributed by atoms with van der Waals surface area (Å²) in [7, 11) is 0. The predicted molar refractivity (Wildman–Crippen MR) is 297 cm³/mol. The number of hydrogen-bond donors (Lipinski definition) is 0. The van der Waals surface area contributed by atoms with E-state index in [2.05, 4.69) is 106 Å². The van der Waals surface area contributed by atoms with Crippen molar-refractivity contribution in [2.24, 2.45) is 0 Å². The Hall–Kier alpha value is -3.41. The third-order valence-electron chi connectivity index (χ3n) is 12.4. The first-order valence-corrected chi connectivity index (χ1v) is 29.1. The van der Waals surface area contributed by atoms with Gasteiger partial charge in [-0.05, 0) is 89.9 Å². The first-order valence-electron chi connectivity index (χ1n) is 29.1. The average Bonchev–Trinajstić information content (AvgIpc) is 3.35. The number of carbonyl (C=O) groups excluding carboxylic acids is 3. The molecule has 0 aromatic rings. The second-order valence-corrected chi connectivity index (χ2v) is 19.2. The number of allylic oxidation sites excluding steroid dienone is 14. The van der Waals surface area contributed by atoms with Crippen LogP contribution < -0.4 is 0 Å². The quantitative estimate of drug-likeness (QED) is 0.0262. The molecule has 0 radical (unpaired) electrons. The van der Waals surface area contributed by atoms with Crippen LogP contribution >= 0.6 is 0 Å². The highest BCUT2D eigenvalue weighted by molar-refractivity contribution is 5.71. The molecule has 0 heterocycles. The molecule has 0 N–H and O–H groups in total. The van der Waals surface area contributed by atoms with Crippen LogP contribution in [0.25, 0.3) is 0 Å². The maximum Gasteiger partial charge on any atom is 0.306 e. The van der Waals surface area contributed by atoms with Crippen molar-refractivity contribution in [2.75, 3.05) is 13.2 Å². The lowest BCUT2D eigenvalue weighted by molar-refractivity contribution is -0.167.